The molecule has 0 atom stereocenters. The number of fused-ring (bicyclic) bond motifs is 1. The number of hydrogen-bond acceptors (Lipinski definition) is 3. The van der Waals surface area contributed by atoms with Gasteiger partial charge >= 0.3 is 0 Å². The maximum atomic E-state index is 13.5. The summed E-state index contributed by atoms with van der Waals surface area (Å²) in [5.74, 6) is 1.17. The van der Waals surface area contributed by atoms with Gasteiger partial charge in [-0.25, -0.2) is 4.39 Å². The van der Waals surface area contributed by atoms with E-state index in [4.69, 9.17) is 12.2 Å². The van der Waals surface area contributed by atoms with E-state index in [0.29, 0.717) is 11.0 Å². The summed E-state index contributed by atoms with van der Waals surface area (Å²) in [6, 6.07) is 13.0. The monoisotopic (exact) mass is 373 g/mol. The lowest BCUT2D eigenvalue weighted by atomic mass is 10.0. The second-order valence-corrected chi connectivity index (χ2v) is 7.69. The molecule has 0 aromatic heterocycles. The quantitative estimate of drug-likeness (QED) is 0.577. The maximum absolute atomic E-state index is 13.5. The van der Waals surface area contributed by atoms with Gasteiger partial charge in [-0.15, -0.1) is 11.8 Å². The van der Waals surface area contributed by atoms with Crippen LogP contribution in [0.25, 0.3) is 0 Å². The van der Waals surface area contributed by atoms with Gasteiger partial charge in [-0.05, 0) is 54.0 Å². The number of anilines is 1. The highest BCUT2D eigenvalue weighted by Crippen LogP contribution is 2.30. The molecule has 3 nitrogen and oxygen atoms in total. The Balaban J connectivity index is 1.66. The third-order valence-corrected chi connectivity index (χ3v) is 5.25. The second kappa shape index (κ2) is 7.97. The number of thiocarbonyl (C=S) groups is 1. The first kappa shape index (κ1) is 17.9. The van der Waals surface area contributed by atoms with Gasteiger partial charge in [-0.1, -0.05) is 26.0 Å². The molecule has 0 unspecified atom stereocenters. The number of nitrogens with one attached hydrogen (secondary N) is 2. The molecule has 0 spiro atoms. The van der Waals surface area contributed by atoms with Gasteiger partial charge in [0.15, 0.2) is 5.11 Å². The van der Waals surface area contributed by atoms with Crippen molar-refractivity contribution < 1.29 is 4.39 Å². The Bertz CT molecular complexity index is 801. The molecule has 6 heteroatoms. The van der Waals surface area contributed by atoms with Gasteiger partial charge in [0.1, 0.15) is 5.82 Å². The molecule has 2 aromatic rings. The van der Waals surface area contributed by atoms with Crippen LogP contribution in [-0.4, -0.2) is 16.6 Å². The molecular formula is C19H20FN3S2. The lowest BCUT2D eigenvalue weighted by Crippen LogP contribution is -2.26. The largest absolute Gasteiger partial charge is 0.331 e. The molecule has 1 aliphatic rings. The molecular weight excluding hydrogens is 353 g/mol. The summed E-state index contributed by atoms with van der Waals surface area (Å²) in [5, 5.41) is 7.92. The van der Waals surface area contributed by atoms with Crippen LogP contribution in [0, 0.1) is 5.82 Å². The first-order valence-electron chi connectivity index (χ1n) is 8.19. The summed E-state index contributed by atoms with van der Waals surface area (Å²) in [6.45, 7) is 4.32. The molecule has 2 aromatic carbocycles. The van der Waals surface area contributed by atoms with E-state index < -0.39 is 0 Å². The Labute approximate surface area is 157 Å². The zero-order valence-corrected chi connectivity index (χ0v) is 15.8. The molecule has 0 fully saturated rings. The van der Waals surface area contributed by atoms with Crippen LogP contribution in [0.15, 0.2) is 52.5 Å². The minimum atomic E-state index is -0.250. The molecule has 25 heavy (non-hydrogen) atoms. The lowest BCUT2D eigenvalue weighted by molar-refractivity contribution is 0.626. The summed E-state index contributed by atoms with van der Waals surface area (Å²) >= 11 is 7.02. The molecule has 0 saturated heterocycles. The number of nitrogens with zero attached hydrogens (tertiary/aromatic N) is 1. The molecule has 0 bridgehead atoms. The standard InChI is InChI=1S/C19H20FN3S2/c1-12(2)13-3-6-15(7-4-13)21-19(24)23-22-17-9-10-25-18-8-5-14(20)11-16(17)18/h3-8,11-12H,9-10H2,1-2H3,(H2,21,23,24). The Hall–Kier alpha value is -1.92. The topological polar surface area (TPSA) is 36.4 Å². The van der Waals surface area contributed by atoms with Gasteiger partial charge in [0.25, 0.3) is 0 Å². The fourth-order valence-corrected chi connectivity index (χ4v) is 3.77. The van der Waals surface area contributed by atoms with Crippen molar-refractivity contribution in [2.45, 2.75) is 31.1 Å². The highest BCUT2D eigenvalue weighted by Gasteiger charge is 2.17. The molecule has 0 saturated carbocycles. The summed E-state index contributed by atoms with van der Waals surface area (Å²) in [6.07, 6.45) is 0.778. The fourth-order valence-electron chi connectivity index (χ4n) is 2.59. The summed E-state index contributed by atoms with van der Waals surface area (Å²) in [7, 11) is 0. The van der Waals surface area contributed by atoms with E-state index in [1.54, 1.807) is 17.8 Å². The summed E-state index contributed by atoms with van der Waals surface area (Å²) in [4.78, 5) is 1.05. The van der Waals surface area contributed by atoms with E-state index in [1.165, 1.54) is 17.7 Å². The first-order valence-corrected chi connectivity index (χ1v) is 9.58. The van der Waals surface area contributed by atoms with Gasteiger partial charge < -0.3 is 5.32 Å². The zero-order valence-electron chi connectivity index (χ0n) is 14.2. The number of benzene rings is 2. The number of thioether (sulfide) groups is 1. The molecule has 3 rings (SSSR count). The van der Waals surface area contributed by atoms with Gasteiger partial charge in [-0.3, -0.25) is 5.43 Å². The average Bonchev–Trinajstić information content (AvgIpc) is 2.60. The number of hydrogen-bond donors (Lipinski definition) is 2. The van der Waals surface area contributed by atoms with E-state index in [1.807, 2.05) is 12.1 Å². The zero-order chi connectivity index (χ0) is 17.8. The minimum Gasteiger partial charge on any atom is -0.331 e. The van der Waals surface area contributed by atoms with Crippen molar-refractivity contribution in [3.8, 4) is 0 Å². The highest BCUT2D eigenvalue weighted by molar-refractivity contribution is 7.99. The van der Waals surface area contributed by atoms with Gasteiger partial charge in [0.2, 0.25) is 0 Å². The van der Waals surface area contributed by atoms with Crippen molar-refractivity contribution >= 4 is 40.5 Å². The van der Waals surface area contributed by atoms with E-state index in [9.17, 15) is 4.39 Å². The normalized spacial score (nSPS) is 15.1. The first-order chi connectivity index (χ1) is 12.0. The van der Waals surface area contributed by atoms with Crippen LogP contribution < -0.4 is 10.7 Å². The minimum absolute atomic E-state index is 0.250. The second-order valence-electron chi connectivity index (χ2n) is 6.14. The molecule has 1 aliphatic heterocycles. The van der Waals surface area contributed by atoms with E-state index in [-0.39, 0.29) is 5.82 Å². The van der Waals surface area contributed by atoms with Crippen molar-refractivity contribution in [3.05, 3.63) is 59.4 Å². The third-order valence-electron chi connectivity index (χ3n) is 3.98. The SMILES string of the molecule is CC(C)c1ccc(NC(=S)NN=C2CCSc3ccc(F)cc32)cc1. The summed E-state index contributed by atoms with van der Waals surface area (Å²) in [5.41, 5.74) is 6.73. The lowest BCUT2D eigenvalue weighted by Gasteiger charge is -2.17. The van der Waals surface area contributed by atoms with Crippen molar-refractivity contribution in [1.29, 1.82) is 0 Å². The van der Waals surface area contributed by atoms with E-state index >= 15 is 0 Å². The number of halogens is 1. The Morgan fingerprint density at radius 1 is 1.20 bits per heavy atom. The smallest absolute Gasteiger partial charge is 0.191 e. The van der Waals surface area contributed by atoms with Gasteiger partial charge in [-0.2, -0.15) is 5.10 Å². The Kier molecular flexibility index (Phi) is 5.71. The van der Waals surface area contributed by atoms with Crippen molar-refractivity contribution in [3.63, 3.8) is 0 Å². The van der Waals surface area contributed by atoms with Crippen LogP contribution in [0.1, 0.15) is 37.3 Å². The van der Waals surface area contributed by atoms with E-state index in [0.717, 1.165) is 34.0 Å². The van der Waals surface area contributed by atoms with Crippen LogP contribution in [0.2, 0.25) is 0 Å². The average molecular weight is 374 g/mol. The van der Waals surface area contributed by atoms with Crippen molar-refractivity contribution in [1.82, 2.24) is 5.43 Å². The van der Waals surface area contributed by atoms with Gasteiger partial charge in [0.05, 0.1) is 5.71 Å². The maximum Gasteiger partial charge on any atom is 0.191 e. The Morgan fingerprint density at radius 2 is 1.96 bits per heavy atom. The van der Waals surface area contributed by atoms with Crippen molar-refractivity contribution in [2.24, 2.45) is 5.10 Å². The number of hydrazone groups is 1. The van der Waals surface area contributed by atoms with Crippen LogP contribution in [0.5, 0.6) is 0 Å². The molecule has 0 radical (unpaired) electrons. The molecule has 130 valence electrons. The third kappa shape index (κ3) is 4.58. The van der Waals surface area contributed by atoms with Crippen LogP contribution in [-0.2, 0) is 0 Å². The molecule has 2 N–H and O–H groups in total. The van der Waals surface area contributed by atoms with Crippen LogP contribution >= 0.6 is 24.0 Å². The highest BCUT2D eigenvalue weighted by atomic mass is 32.2. The number of rotatable bonds is 3. The molecule has 0 amide bonds. The predicted molar refractivity (Wildman–Crippen MR) is 108 cm³/mol. The van der Waals surface area contributed by atoms with E-state index in [2.05, 4.69) is 41.8 Å². The Morgan fingerprint density at radius 3 is 2.68 bits per heavy atom. The van der Waals surface area contributed by atoms with Crippen LogP contribution in [0.4, 0.5) is 10.1 Å². The van der Waals surface area contributed by atoms with Crippen LogP contribution in [0.3, 0.4) is 0 Å². The van der Waals surface area contributed by atoms with Gasteiger partial charge in [0, 0.05) is 28.3 Å². The summed E-state index contributed by atoms with van der Waals surface area (Å²) < 4.78 is 13.5. The predicted octanol–water partition coefficient (Wildman–Crippen LogP) is 5.14. The molecule has 0 aliphatic carbocycles. The fraction of sp³-hybridized carbons (Fsp3) is 0.263. The molecule has 1 heterocycles. The van der Waals surface area contributed by atoms with Crippen molar-refractivity contribution in [2.75, 3.05) is 11.1 Å².